The van der Waals surface area contributed by atoms with Crippen molar-refractivity contribution in [3.8, 4) is 0 Å². The van der Waals surface area contributed by atoms with Crippen LogP contribution in [0, 0.1) is 0 Å². The highest BCUT2D eigenvalue weighted by molar-refractivity contribution is 9.10. The summed E-state index contributed by atoms with van der Waals surface area (Å²) in [7, 11) is 1.73. The molecule has 1 aromatic rings. The molecule has 2 rings (SSSR count). The molecule has 11 nitrogen and oxygen atoms in total. The standard InChI is InChI=1S/C30H46BrN3O8/c1-12-39-24(35)21-16-22(31)19(17-33-14-13-20(18-33)32(11)25(36)40-28(2,3)4)15-23(21)34(26(37)41-29(5,6)7)27(38)42-30(8,9)10/h15-16,20H,12-14,17-18H2,1-11H3/t20-/m1/s1. The Morgan fingerprint density at radius 1 is 0.881 bits per heavy atom. The number of carbonyl (C=O) groups is 4. The summed E-state index contributed by atoms with van der Waals surface area (Å²) in [5.41, 5.74) is -1.77. The fraction of sp³-hybridized carbons (Fsp3) is 0.667. The Kier molecular flexibility index (Phi) is 11.5. The number of hydrogen-bond acceptors (Lipinski definition) is 9. The molecule has 236 valence electrons. The SMILES string of the molecule is CCOC(=O)c1cc(Br)c(CN2CC[C@@H](N(C)C(=O)OC(C)(C)C)C2)cc1N(C(=O)OC(C)(C)C)C(=O)OC(C)(C)C. The van der Waals surface area contributed by atoms with Crippen molar-refractivity contribution in [2.75, 3.05) is 31.6 Å². The van der Waals surface area contributed by atoms with Gasteiger partial charge in [0.2, 0.25) is 0 Å². The van der Waals surface area contributed by atoms with Gasteiger partial charge in [0, 0.05) is 37.2 Å². The predicted octanol–water partition coefficient (Wildman–Crippen LogP) is 6.74. The minimum absolute atomic E-state index is 0.00634. The van der Waals surface area contributed by atoms with E-state index in [2.05, 4.69) is 20.8 Å². The molecule has 1 aromatic carbocycles. The van der Waals surface area contributed by atoms with Gasteiger partial charge in [-0.3, -0.25) is 4.90 Å². The van der Waals surface area contributed by atoms with Crippen molar-refractivity contribution in [2.24, 2.45) is 0 Å². The molecule has 1 aliphatic rings. The van der Waals surface area contributed by atoms with Gasteiger partial charge in [-0.1, -0.05) is 15.9 Å². The molecular weight excluding hydrogens is 610 g/mol. The van der Waals surface area contributed by atoms with Gasteiger partial charge in [-0.15, -0.1) is 0 Å². The van der Waals surface area contributed by atoms with E-state index < -0.39 is 35.0 Å². The number of esters is 1. The molecule has 0 radical (unpaired) electrons. The van der Waals surface area contributed by atoms with Gasteiger partial charge in [0.25, 0.3) is 0 Å². The van der Waals surface area contributed by atoms with Crippen molar-refractivity contribution in [2.45, 2.75) is 105 Å². The van der Waals surface area contributed by atoms with E-state index in [0.29, 0.717) is 29.7 Å². The van der Waals surface area contributed by atoms with Crippen LogP contribution in [0.2, 0.25) is 0 Å². The molecule has 12 heteroatoms. The zero-order chi connectivity index (χ0) is 32.2. The van der Waals surface area contributed by atoms with Crippen molar-refractivity contribution < 1.29 is 38.1 Å². The highest BCUT2D eigenvalue weighted by atomic mass is 79.9. The monoisotopic (exact) mass is 655 g/mol. The molecule has 0 aromatic heterocycles. The van der Waals surface area contributed by atoms with E-state index in [4.69, 9.17) is 18.9 Å². The first-order valence-electron chi connectivity index (χ1n) is 14.1. The van der Waals surface area contributed by atoms with Crippen molar-refractivity contribution in [1.82, 2.24) is 9.80 Å². The van der Waals surface area contributed by atoms with Gasteiger partial charge < -0.3 is 23.8 Å². The van der Waals surface area contributed by atoms with E-state index in [1.165, 1.54) is 6.07 Å². The van der Waals surface area contributed by atoms with Gasteiger partial charge in [-0.05, 0) is 93.4 Å². The summed E-state index contributed by atoms with van der Waals surface area (Å²) in [6.45, 7) is 19.0. The summed E-state index contributed by atoms with van der Waals surface area (Å²) in [5.74, 6) is -0.711. The average Bonchev–Trinajstić information content (AvgIpc) is 3.25. The molecule has 0 bridgehead atoms. The van der Waals surface area contributed by atoms with Crippen LogP contribution in [0.25, 0.3) is 0 Å². The summed E-state index contributed by atoms with van der Waals surface area (Å²) in [6, 6.07) is 3.07. The summed E-state index contributed by atoms with van der Waals surface area (Å²) in [4.78, 5) is 57.0. The lowest BCUT2D eigenvalue weighted by atomic mass is 10.1. The Morgan fingerprint density at radius 3 is 1.86 bits per heavy atom. The second-order valence-corrected chi connectivity index (χ2v) is 14.1. The smallest absolute Gasteiger partial charge is 0.424 e. The molecule has 0 N–H and O–H groups in total. The van der Waals surface area contributed by atoms with E-state index in [1.54, 1.807) is 66.5 Å². The van der Waals surface area contributed by atoms with Crippen LogP contribution in [0.3, 0.4) is 0 Å². The fourth-order valence-corrected chi connectivity index (χ4v) is 4.63. The normalized spacial score (nSPS) is 16.0. The van der Waals surface area contributed by atoms with Crippen LogP contribution < -0.4 is 4.90 Å². The highest BCUT2D eigenvalue weighted by Crippen LogP contribution is 2.33. The zero-order valence-corrected chi connectivity index (χ0v) is 28.3. The number of likely N-dealkylation sites (N-methyl/N-ethyl adjacent to an activating group) is 1. The zero-order valence-electron chi connectivity index (χ0n) is 26.8. The van der Waals surface area contributed by atoms with Gasteiger partial charge in [-0.2, -0.15) is 4.90 Å². The van der Waals surface area contributed by atoms with Crippen LogP contribution >= 0.6 is 15.9 Å². The van der Waals surface area contributed by atoms with Crippen LogP contribution in [0.15, 0.2) is 16.6 Å². The third-order valence-corrected chi connectivity index (χ3v) is 6.66. The fourth-order valence-electron chi connectivity index (χ4n) is 4.17. The van der Waals surface area contributed by atoms with Gasteiger partial charge in [-0.25, -0.2) is 19.2 Å². The Bertz CT molecular complexity index is 1140. The highest BCUT2D eigenvalue weighted by Gasteiger charge is 2.37. The number of imide groups is 1. The summed E-state index contributed by atoms with van der Waals surface area (Å²) in [5, 5.41) is 0. The Balaban J connectivity index is 2.49. The van der Waals surface area contributed by atoms with Crippen molar-refractivity contribution in [3.63, 3.8) is 0 Å². The Labute approximate surface area is 257 Å². The molecular formula is C30H46BrN3O8. The lowest BCUT2D eigenvalue weighted by Gasteiger charge is -2.30. The molecule has 1 heterocycles. The number of amides is 3. The number of rotatable bonds is 6. The molecule has 0 spiro atoms. The largest absolute Gasteiger partial charge is 0.462 e. The van der Waals surface area contributed by atoms with Crippen LogP contribution in [-0.2, 0) is 25.5 Å². The van der Waals surface area contributed by atoms with Crippen LogP contribution in [-0.4, -0.2) is 83.6 Å². The number of nitrogens with zero attached hydrogens (tertiary/aromatic N) is 3. The molecule has 1 fully saturated rings. The Hall–Kier alpha value is -2.86. The number of halogens is 1. The second kappa shape index (κ2) is 13.6. The predicted molar refractivity (Wildman–Crippen MR) is 163 cm³/mol. The van der Waals surface area contributed by atoms with Crippen molar-refractivity contribution in [1.29, 1.82) is 0 Å². The minimum Gasteiger partial charge on any atom is -0.462 e. The van der Waals surface area contributed by atoms with Crippen molar-refractivity contribution >= 4 is 45.9 Å². The number of likely N-dealkylation sites (tertiary alicyclic amines) is 1. The van der Waals surface area contributed by atoms with Gasteiger partial charge >= 0.3 is 24.2 Å². The van der Waals surface area contributed by atoms with Crippen molar-refractivity contribution in [3.05, 3.63) is 27.7 Å². The van der Waals surface area contributed by atoms with Crippen LogP contribution in [0.1, 0.15) is 91.6 Å². The first kappa shape index (κ1) is 35.3. The third-order valence-electron chi connectivity index (χ3n) is 5.92. The summed E-state index contributed by atoms with van der Waals surface area (Å²) >= 11 is 3.56. The number of anilines is 1. The number of ether oxygens (including phenoxy) is 4. The average molecular weight is 657 g/mol. The second-order valence-electron chi connectivity index (χ2n) is 13.2. The number of benzene rings is 1. The first-order chi connectivity index (χ1) is 19.1. The number of hydrogen-bond donors (Lipinski definition) is 0. The van der Waals surface area contributed by atoms with Crippen LogP contribution in [0.4, 0.5) is 20.1 Å². The van der Waals surface area contributed by atoms with E-state index in [1.807, 2.05) is 20.8 Å². The minimum atomic E-state index is -0.990. The Morgan fingerprint density at radius 2 is 1.38 bits per heavy atom. The number of carbonyl (C=O) groups excluding carboxylic acids is 4. The summed E-state index contributed by atoms with van der Waals surface area (Å²) in [6.07, 6.45) is -1.63. The first-order valence-corrected chi connectivity index (χ1v) is 14.8. The third kappa shape index (κ3) is 10.4. The molecule has 1 atom stereocenters. The molecule has 1 saturated heterocycles. The maximum atomic E-state index is 13.4. The quantitative estimate of drug-likeness (QED) is 0.242. The topological polar surface area (TPSA) is 115 Å². The van der Waals surface area contributed by atoms with E-state index in [-0.39, 0.29) is 30.0 Å². The molecule has 1 aliphatic heterocycles. The van der Waals surface area contributed by atoms with Gasteiger partial charge in [0.1, 0.15) is 16.8 Å². The van der Waals surface area contributed by atoms with Gasteiger partial charge in [0.05, 0.1) is 17.9 Å². The van der Waals surface area contributed by atoms with E-state index in [0.717, 1.165) is 11.3 Å². The molecule has 0 aliphatic carbocycles. The van der Waals surface area contributed by atoms with Gasteiger partial charge in [0.15, 0.2) is 0 Å². The lowest BCUT2D eigenvalue weighted by Crippen LogP contribution is -2.44. The molecule has 0 saturated carbocycles. The van der Waals surface area contributed by atoms with E-state index >= 15 is 0 Å². The molecule has 3 amide bonds. The summed E-state index contributed by atoms with van der Waals surface area (Å²) < 4.78 is 22.5. The van der Waals surface area contributed by atoms with E-state index in [9.17, 15) is 19.2 Å². The maximum absolute atomic E-state index is 13.4. The van der Waals surface area contributed by atoms with Crippen LogP contribution in [0.5, 0.6) is 0 Å². The maximum Gasteiger partial charge on any atom is 0.424 e. The molecule has 0 unspecified atom stereocenters. The molecule has 42 heavy (non-hydrogen) atoms. The lowest BCUT2D eigenvalue weighted by molar-refractivity contribution is 0.0226.